The predicted octanol–water partition coefficient (Wildman–Crippen LogP) is 1.17. The van der Waals surface area contributed by atoms with Gasteiger partial charge in [-0.05, 0) is 31.9 Å². The van der Waals surface area contributed by atoms with E-state index in [9.17, 15) is 9.59 Å². The number of nitrogen functional groups attached to an aromatic ring is 1. The number of para-hydroxylation sites is 2. The molecule has 1 atom stereocenters. The molecule has 1 aliphatic heterocycles. The number of hydrogen-bond acceptors (Lipinski definition) is 4. The Balaban J connectivity index is 2.24. The van der Waals surface area contributed by atoms with Crippen LogP contribution < -0.4 is 10.6 Å². The highest BCUT2D eigenvalue weighted by Crippen LogP contribution is 2.25. The Kier molecular flexibility index (Phi) is 4.67. The number of aliphatic carboxylic acids is 1. The van der Waals surface area contributed by atoms with Crippen LogP contribution in [-0.2, 0) is 9.59 Å². The van der Waals surface area contributed by atoms with Crippen molar-refractivity contribution in [2.24, 2.45) is 0 Å². The standard InChI is InChI=1S/C15H21N3O3/c1-11(15(21)17-8-4-5-9-17)18(10-14(19)20)13-7-3-2-6-12(13)16/h2-3,6-7,11H,4-5,8-10,16H2,1H3,(H,19,20). The summed E-state index contributed by atoms with van der Waals surface area (Å²) in [5.74, 6) is -1.03. The van der Waals surface area contributed by atoms with Crippen LogP contribution >= 0.6 is 0 Å². The number of anilines is 2. The molecule has 1 fully saturated rings. The molecule has 0 spiro atoms. The lowest BCUT2D eigenvalue weighted by Crippen LogP contribution is -2.48. The molecule has 1 aromatic rings. The van der Waals surface area contributed by atoms with Gasteiger partial charge < -0.3 is 20.6 Å². The summed E-state index contributed by atoms with van der Waals surface area (Å²) < 4.78 is 0. The smallest absolute Gasteiger partial charge is 0.323 e. The van der Waals surface area contributed by atoms with E-state index in [0.29, 0.717) is 11.4 Å². The van der Waals surface area contributed by atoms with E-state index in [-0.39, 0.29) is 12.5 Å². The second-order valence-corrected chi connectivity index (χ2v) is 5.29. The van der Waals surface area contributed by atoms with Gasteiger partial charge in [-0.2, -0.15) is 0 Å². The SMILES string of the molecule is CC(C(=O)N1CCCC1)N(CC(=O)O)c1ccccc1N. The minimum atomic E-state index is -0.987. The van der Waals surface area contributed by atoms with Crippen LogP contribution in [0, 0.1) is 0 Å². The van der Waals surface area contributed by atoms with Crippen molar-refractivity contribution in [1.29, 1.82) is 0 Å². The van der Waals surface area contributed by atoms with Crippen LogP contribution in [0.15, 0.2) is 24.3 Å². The summed E-state index contributed by atoms with van der Waals surface area (Å²) in [6.07, 6.45) is 2.01. The van der Waals surface area contributed by atoms with E-state index in [1.165, 1.54) is 0 Å². The molecule has 3 N–H and O–H groups in total. The van der Waals surface area contributed by atoms with Gasteiger partial charge in [0, 0.05) is 13.1 Å². The third-order valence-corrected chi connectivity index (χ3v) is 3.79. The Hall–Kier alpha value is -2.24. The fraction of sp³-hybridized carbons (Fsp3) is 0.467. The third kappa shape index (κ3) is 3.45. The normalized spacial score (nSPS) is 15.8. The molecule has 6 heteroatoms. The second-order valence-electron chi connectivity index (χ2n) is 5.29. The van der Waals surface area contributed by atoms with Crippen molar-refractivity contribution in [2.75, 3.05) is 30.3 Å². The summed E-state index contributed by atoms with van der Waals surface area (Å²) in [6, 6.07) is 6.46. The van der Waals surface area contributed by atoms with Crippen LogP contribution in [0.5, 0.6) is 0 Å². The first-order valence-electron chi connectivity index (χ1n) is 7.12. The van der Waals surface area contributed by atoms with Gasteiger partial charge >= 0.3 is 5.97 Å². The van der Waals surface area contributed by atoms with E-state index in [0.717, 1.165) is 25.9 Å². The minimum Gasteiger partial charge on any atom is -0.480 e. The summed E-state index contributed by atoms with van der Waals surface area (Å²) in [4.78, 5) is 27.0. The molecule has 21 heavy (non-hydrogen) atoms. The number of rotatable bonds is 5. The first kappa shape index (κ1) is 15.2. The van der Waals surface area contributed by atoms with Gasteiger partial charge in [-0.15, -0.1) is 0 Å². The highest BCUT2D eigenvalue weighted by Gasteiger charge is 2.29. The van der Waals surface area contributed by atoms with E-state index >= 15 is 0 Å². The van der Waals surface area contributed by atoms with Gasteiger partial charge in [0.25, 0.3) is 0 Å². The molecule has 0 saturated carbocycles. The van der Waals surface area contributed by atoms with Crippen molar-refractivity contribution in [3.8, 4) is 0 Å². The Labute approximate surface area is 124 Å². The lowest BCUT2D eigenvalue weighted by Gasteiger charge is -2.32. The number of hydrogen-bond donors (Lipinski definition) is 2. The third-order valence-electron chi connectivity index (χ3n) is 3.79. The molecule has 1 aromatic carbocycles. The van der Waals surface area contributed by atoms with Crippen molar-refractivity contribution in [2.45, 2.75) is 25.8 Å². The van der Waals surface area contributed by atoms with Crippen LogP contribution in [0.25, 0.3) is 0 Å². The average Bonchev–Trinajstić information content (AvgIpc) is 2.98. The second kappa shape index (κ2) is 6.47. The predicted molar refractivity (Wildman–Crippen MR) is 81.1 cm³/mol. The Morgan fingerprint density at radius 3 is 2.52 bits per heavy atom. The molecule has 0 radical (unpaired) electrons. The summed E-state index contributed by atoms with van der Waals surface area (Å²) in [7, 11) is 0. The quantitative estimate of drug-likeness (QED) is 0.795. The highest BCUT2D eigenvalue weighted by atomic mass is 16.4. The van der Waals surface area contributed by atoms with Crippen molar-refractivity contribution in [1.82, 2.24) is 4.90 Å². The van der Waals surface area contributed by atoms with E-state index < -0.39 is 12.0 Å². The first-order chi connectivity index (χ1) is 10.0. The molecule has 114 valence electrons. The van der Waals surface area contributed by atoms with Crippen LogP contribution in [-0.4, -0.2) is 47.6 Å². The molecular formula is C15H21N3O3. The van der Waals surface area contributed by atoms with Gasteiger partial charge in [0.1, 0.15) is 12.6 Å². The Morgan fingerprint density at radius 2 is 1.95 bits per heavy atom. The molecule has 0 aromatic heterocycles. The van der Waals surface area contributed by atoms with Crippen molar-refractivity contribution in [3.63, 3.8) is 0 Å². The van der Waals surface area contributed by atoms with Crippen LogP contribution in [0.2, 0.25) is 0 Å². The van der Waals surface area contributed by atoms with E-state index in [4.69, 9.17) is 10.8 Å². The Morgan fingerprint density at radius 1 is 1.33 bits per heavy atom. The maximum atomic E-state index is 12.5. The zero-order chi connectivity index (χ0) is 15.4. The zero-order valence-electron chi connectivity index (χ0n) is 12.2. The topological polar surface area (TPSA) is 86.9 Å². The molecule has 1 saturated heterocycles. The average molecular weight is 291 g/mol. The van der Waals surface area contributed by atoms with Crippen LogP contribution in [0.1, 0.15) is 19.8 Å². The maximum absolute atomic E-state index is 12.5. The van der Waals surface area contributed by atoms with E-state index in [2.05, 4.69) is 0 Å². The molecule has 1 heterocycles. The van der Waals surface area contributed by atoms with Crippen LogP contribution in [0.3, 0.4) is 0 Å². The number of carbonyl (C=O) groups excluding carboxylic acids is 1. The number of amides is 1. The van der Waals surface area contributed by atoms with E-state index in [1.807, 2.05) is 0 Å². The molecule has 1 aliphatic rings. The van der Waals surface area contributed by atoms with Gasteiger partial charge in [-0.1, -0.05) is 12.1 Å². The lowest BCUT2D eigenvalue weighted by molar-refractivity contribution is -0.135. The molecule has 0 aliphatic carbocycles. The number of nitrogens with two attached hydrogens (primary N) is 1. The van der Waals surface area contributed by atoms with Crippen molar-refractivity contribution < 1.29 is 14.7 Å². The summed E-state index contributed by atoms with van der Waals surface area (Å²) in [6.45, 7) is 2.97. The molecule has 1 unspecified atom stereocenters. The van der Waals surface area contributed by atoms with Gasteiger partial charge in [-0.3, -0.25) is 9.59 Å². The van der Waals surface area contributed by atoms with E-state index in [1.54, 1.807) is 41.0 Å². The van der Waals surface area contributed by atoms with Gasteiger partial charge in [0.05, 0.1) is 11.4 Å². The molecule has 0 bridgehead atoms. The minimum absolute atomic E-state index is 0.0444. The van der Waals surface area contributed by atoms with Gasteiger partial charge in [-0.25, -0.2) is 0 Å². The maximum Gasteiger partial charge on any atom is 0.323 e. The number of likely N-dealkylation sites (tertiary alicyclic amines) is 1. The number of carboxylic acid groups (broad SMARTS) is 1. The highest BCUT2D eigenvalue weighted by molar-refractivity contribution is 5.89. The zero-order valence-corrected chi connectivity index (χ0v) is 12.2. The number of carboxylic acids is 1. The summed E-state index contributed by atoms with van der Waals surface area (Å²) in [5.41, 5.74) is 6.98. The Bertz CT molecular complexity index is 527. The summed E-state index contributed by atoms with van der Waals surface area (Å²) in [5, 5.41) is 9.12. The fourth-order valence-corrected chi connectivity index (χ4v) is 2.66. The molecular weight excluding hydrogens is 270 g/mol. The number of carbonyl (C=O) groups is 2. The van der Waals surface area contributed by atoms with Gasteiger partial charge in [0.2, 0.25) is 5.91 Å². The molecule has 2 rings (SSSR count). The van der Waals surface area contributed by atoms with Gasteiger partial charge in [0.15, 0.2) is 0 Å². The molecule has 1 amide bonds. The monoisotopic (exact) mass is 291 g/mol. The number of benzene rings is 1. The fourth-order valence-electron chi connectivity index (χ4n) is 2.66. The summed E-state index contributed by atoms with van der Waals surface area (Å²) >= 11 is 0. The largest absolute Gasteiger partial charge is 0.480 e. The number of nitrogens with zero attached hydrogens (tertiary/aromatic N) is 2. The lowest BCUT2D eigenvalue weighted by atomic mass is 10.1. The molecule has 6 nitrogen and oxygen atoms in total. The van der Waals surface area contributed by atoms with Crippen molar-refractivity contribution >= 4 is 23.3 Å². The van der Waals surface area contributed by atoms with Crippen LogP contribution in [0.4, 0.5) is 11.4 Å². The first-order valence-corrected chi connectivity index (χ1v) is 7.12. The van der Waals surface area contributed by atoms with Crippen molar-refractivity contribution in [3.05, 3.63) is 24.3 Å².